The maximum Gasteiger partial charge on any atom is 0.330 e. The number of benzene rings is 1. The number of carbonyl (C=O) groups excluding carboxylic acids is 1. The molecule has 0 saturated carbocycles. The van der Waals surface area contributed by atoms with E-state index in [1.54, 1.807) is 6.92 Å². The zero-order chi connectivity index (χ0) is 13.0. The molecule has 3 nitrogen and oxygen atoms in total. The van der Waals surface area contributed by atoms with Crippen molar-refractivity contribution in [1.29, 1.82) is 0 Å². The third kappa shape index (κ3) is 3.20. The van der Waals surface area contributed by atoms with E-state index in [9.17, 15) is 4.79 Å². The molecule has 0 spiro atoms. The lowest BCUT2D eigenvalue weighted by atomic mass is 9.97. The summed E-state index contributed by atoms with van der Waals surface area (Å²) in [6.45, 7) is 4.32. The molecule has 1 aliphatic rings. The molecule has 2 rings (SSSR count). The number of nitrogens with zero attached hydrogens (tertiary/aromatic N) is 1. The van der Waals surface area contributed by atoms with Gasteiger partial charge in [-0.2, -0.15) is 0 Å². The van der Waals surface area contributed by atoms with Crippen LogP contribution in [-0.4, -0.2) is 31.1 Å². The molecule has 0 fully saturated rings. The highest BCUT2D eigenvalue weighted by atomic mass is 16.5. The van der Waals surface area contributed by atoms with Crippen LogP contribution < -0.4 is 0 Å². The fourth-order valence-electron chi connectivity index (χ4n) is 2.18. The summed E-state index contributed by atoms with van der Waals surface area (Å²) in [6, 6.07) is 6.37. The zero-order valence-corrected chi connectivity index (χ0v) is 11.0. The Labute approximate surface area is 108 Å². The van der Waals surface area contributed by atoms with E-state index >= 15 is 0 Å². The molecule has 0 aliphatic carbocycles. The predicted octanol–water partition coefficient (Wildman–Crippen LogP) is 2.25. The topological polar surface area (TPSA) is 29.5 Å². The van der Waals surface area contributed by atoms with Crippen molar-refractivity contribution in [3.05, 3.63) is 41.0 Å². The van der Waals surface area contributed by atoms with Gasteiger partial charge >= 0.3 is 5.97 Å². The lowest BCUT2D eigenvalue weighted by Gasteiger charge is -2.25. The van der Waals surface area contributed by atoms with Crippen molar-refractivity contribution in [2.75, 3.05) is 20.2 Å². The number of carbonyl (C=O) groups is 1. The van der Waals surface area contributed by atoms with E-state index in [-0.39, 0.29) is 5.97 Å². The number of rotatable bonds is 3. The minimum atomic E-state index is -0.285. The summed E-state index contributed by atoms with van der Waals surface area (Å²) >= 11 is 0. The number of hydrogen-bond acceptors (Lipinski definition) is 3. The number of likely N-dealkylation sites (N-methyl/N-ethyl adjacent to an activating group) is 1. The van der Waals surface area contributed by atoms with Gasteiger partial charge in [-0.3, -0.25) is 0 Å². The molecule has 0 unspecified atom stereocenters. The van der Waals surface area contributed by atoms with E-state index in [1.165, 1.54) is 17.2 Å². The number of fused-ring (bicyclic) bond motifs is 1. The minimum absolute atomic E-state index is 0.285. The highest BCUT2D eigenvalue weighted by molar-refractivity contribution is 5.87. The molecule has 96 valence electrons. The third-order valence-corrected chi connectivity index (χ3v) is 3.13. The Balaban J connectivity index is 2.11. The van der Waals surface area contributed by atoms with Crippen LogP contribution in [0.25, 0.3) is 6.08 Å². The molecule has 1 heterocycles. The Morgan fingerprint density at radius 3 is 3.06 bits per heavy atom. The molecule has 1 aliphatic heterocycles. The van der Waals surface area contributed by atoms with Crippen LogP contribution in [0.3, 0.4) is 0 Å². The number of hydrogen-bond donors (Lipinski definition) is 0. The highest BCUT2D eigenvalue weighted by Gasteiger charge is 2.12. The maximum atomic E-state index is 11.2. The Morgan fingerprint density at radius 1 is 1.44 bits per heavy atom. The zero-order valence-electron chi connectivity index (χ0n) is 11.0. The van der Waals surface area contributed by atoms with E-state index in [0.29, 0.717) is 6.61 Å². The molecule has 1 aromatic carbocycles. The fourth-order valence-corrected chi connectivity index (χ4v) is 2.18. The quantitative estimate of drug-likeness (QED) is 0.604. The lowest BCUT2D eigenvalue weighted by molar-refractivity contribution is -0.137. The maximum absolute atomic E-state index is 11.2. The lowest BCUT2D eigenvalue weighted by Crippen LogP contribution is -2.26. The largest absolute Gasteiger partial charge is 0.463 e. The first kappa shape index (κ1) is 12.8. The molecule has 1 aromatic rings. The van der Waals surface area contributed by atoms with Gasteiger partial charge < -0.3 is 9.64 Å². The molecule has 0 saturated heterocycles. The molecule has 0 atom stereocenters. The first-order chi connectivity index (χ1) is 8.69. The first-order valence-corrected chi connectivity index (χ1v) is 6.34. The first-order valence-electron chi connectivity index (χ1n) is 6.34. The van der Waals surface area contributed by atoms with E-state index in [0.717, 1.165) is 25.1 Å². The highest BCUT2D eigenvalue weighted by Crippen LogP contribution is 2.20. The van der Waals surface area contributed by atoms with Gasteiger partial charge in [-0.1, -0.05) is 18.2 Å². The van der Waals surface area contributed by atoms with Crippen molar-refractivity contribution in [2.45, 2.75) is 19.9 Å². The fraction of sp³-hybridized carbons (Fsp3) is 0.400. The van der Waals surface area contributed by atoms with E-state index in [4.69, 9.17) is 4.74 Å². The summed E-state index contributed by atoms with van der Waals surface area (Å²) in [7, 11) is 2.13. The Kier molecular flexibility index (Phi) is 4.15. The summed E-state index contributed by atoms with van der Waals surface area (Å²) in [5.74, 6) is -0.285. The molecule has 0 aromatic heterocycles. The van der Waals surface area contributed by atoms with E-state index < -0.39 is 0 Å². The summed E-state index contributed by atoms with van der Waals surface area (Å²) in [5, 5.41) is 0. The molecular weight excluding hydrogens is 226 g/mol. The van der Waals surface area contributed by atoms with Crippen molar-refractivity contribution in [3.8, 4) is 0 Å². The van der Waals surface area contributed by atoms with Crippen LogP contribution in [0.5, 0.6) is 0 Å². The molecular formula is C15H19NO2. The Hall–Kier alpha value is -1.61. The molecule has 0 radical (unpaired) electrons. The average molecular weight is 245 g/mol. The van der Waals surface area contributed by atoms with Gasteiger partial charge in [-0.25, -0.2) is 4.79 Å². The van der Waals surface area contributed by atoms with Gasteiger partial charge in [-0.05, 0) is 43.2 Å². The molecule has 0 N–H and O–H groups in total. The van der Waals surface area contributed by atoms with Crippen molar-refractivity contribution in [3.63, 3.8) is 0 Å². The standard InChI is InChI=1S/C15H19NO2/c1-3-18-15(17)7-5-12-4-6-13-8-9-16(2)11-14(13)10-12/h4-7,10H,3,8-9,11H2,1-2H3. The van der Waals surface area contributed by atoms with Crippen LogP contribution in [0, 0.1) is 0 Å². The summed E-state index contributed by atoms with van der Waals surface area (Å²) in [6.07, 6.45) is 4.40. The third-order valence-electron chi connectivity index (χ3n) is 3.13. The van der Waals surface area contributed by atoms with Gasteiger partial charge in [0.05, 0.1) is 6.61 Å². The van der Waals surface area contributed by atoms with Crippen LogP contribution >= 0.6 is 0 Å². The summed E-state index contributed by atoms with van der Waals surface area (Å²) < 4.78 is 4.86. The van der Waals surface area contributed by atoms with Crippen molar-refractivity contribution in [2.24, 2.45) is 0 Å². The van der Waals surface area contributed by atoms with Crippen LogP contribution in [0.1, 0.15) is 23.6 Å². The van der Waals surface area contributed by atoms with E-state index in [1.807, 2.05) is 6.08 Å². The second-order valence-corrected chi connectivity index (χ2v) is 4.60. The van der Waals surface area contributed by atoms with Gasteiger partial charge in [0.2, 0.25) is 0 Å². The Morgan fingerprint density at radius 2 is 2.28 bits per heavy atom. The SMILES string of the molecule is CCOC(=O)C=Cc1ccc2c(c1)CN(C)CC2. The number of ether oxygens (including phenoxy) is 1. The second kappa shape index (κ2) is 5.83. The van der Waals surface area contributed by atoms with Crippen LogP contribution in [0.15, 0.2) is 24.3 Å². The molecule has 18 heavy (non-hydrogen) atoms. The normalized spacial score (nSPS) is 15.7. The summed E-state index contributed by atoms with van der Waals surface area (Å²) in [4.78, 5) is 13.5. The monoisotopic (exact) mass is 245 g/mol. The predicted molar refractivity (Wildman–Crippen MR) is 72.1 cm³/mol. The Bertz CT molecular complexity index is 466. The van der Waals surface area contributed by atoms with E-state index in [2.05, 4.69) is 30.1 Å². The van der Waals surface area contributed by atoms with Crippen LogP contribution in [0.4, 0.5) is 0 Å². The van der Waals surface area contributed by atoms with Crippen molar-refractivity contribution >= 4 is 12.0 Å². The average Bonchev–Trinajstić information content (AvgIpc) is 2.36. The minimum Gasteiger partial charge on any atom is -0.463 e. The molecule has 0 amide bonds. The number of esters is 1. The molecule has 3 heteroatoms. The van der Waals surface area contributed by atoms with Crippen LogP contribution in [0.2, 0.25) is 0 Å². The van der Waals surface area contributed by atoms with Crippen molar-refractivity contribution < 1.29 is 9.53 Å². The van der Waals surface area contributed by atoms with Crippen molar-refractivity contribution in [1.82, 2.24) is 4.90 Å². The van der Waals surface area contributed by atoms with Gasteiger partial charge in [0, 0.05) is 19.2 Å². The van der Waals surface area contributed by atoms with Gasteiger partial charge in [-0.15, -0.1) is 0 Å². The van der Waals surface area contributed by atoms with Gasteiger partial charge in [0.1, 0.15) is 0 Å². The van der Waals surface area contributed by atoms with Gasteiger partial charge in [0.15, 0.2) is 0 Å². The summed E-state index contributed by atoms with van der Waals surface area (Å²) in [5.41, 5.74) is 3.83. The smallest absolute Gasteiger partial charge is 0.330 e. The molecule has 0 bridgehead atoms. The van der Waals surface area contributed by atoms with Gasteiger partial charge in [0.25, 0.3) is 0 Å². The second-order valence-electron chi connectivity index (χ2n) is 4.60. The van der Waals surface area contributed by atoms with Crippen LogP contribution in [-0.2, 0) is 22.5 Å².